The Labute approximate surface area is 135 Å². The van der Waals surface area contributed by atoms with Crippen LogP contribution in [0.5, 0.6) is 0 Å². The van der Waals surface area contributed by atoms with Gasteiger partial charge in [-0.1, -0.05) is 24.3 Å². The molecule has 1 saturated heterocycles. The minimum Gasteiger partial charge on any atom is -0.260 e. The molecule has 0 atom stereocenters. The molecule has 1 heterocycles. The van der Waals surface area contributed by atoms with Gasteiger partial charge < -0.3 is 0 Å². The molecule has 1 amide bonds. The third-order valence-electron chi connectivity index (χ3n) is 3.74. The number of carbonyl (C=O) groups excluding carboxylic acids is 1. The molecule has 0 radical (unpaired) electrons. The number of anilines is 1. The quantitative estimate of drug-likeness (QED) is 0.756. The van der Waals surface area contributed by atoms with Crippen LogP contribution in [-0.2, 0) is 0 Å². The molecule has 0 N–H and O–H groups in total. The normalized spacial score (nSPS) is 16.1. The minimum atomic E-state index is 0.0257. The molecule has 1 aliphatic heterocycles. The standard InChI is InChI=1S/C18H18N2OS/c1-11-5-7-13(3)15(9-11)19-17-20(18(21)22-17)16-10-12(2)6-8-14(16)4/h5-10H,1-4H3. The third-order valence-corrected chi connectivity index (χ3v) is 4.55. The molecule has 3 rings (SSSR count). The van der Waals surface area contributed by atoms with Gasteiger partial charge in [0, 0.05) is 11.8 Å². The van der Waals surface area contributed by atoms with Crippen LogP contribution >= 0.6 is 11.8 Å². The molecule has 2 aromatic carbocycles. The predicted molar refractivity (Wildman–Crippen MR) is 94.4 cm³/mol. The molecule has 22 heavy (non-hydrogen) atoms. The van der Waals surface area contributed by atoms with E-state index in [1.807, 2.05) is 45.9 Å². The van der Waals surface area contributed by atoms with E-state index in [0.717, 1.165) is 33.2 Å². The predicted octanol–water partition coefficient (Wildman–Crippen LogP) is 5.28. The maximum Gasteiger partial charge on any atom is 0.300 e. The van der Waals surface area contributed by atoms with Crippen LogP contribution < -0.4 is 4.90 Å². The number of benzene rings is 2. The first-order valence-corrected chi connectivity index (χ1v) is 8.02. The van der Waals surface area contributed by atoms with Gasteiger partial charge in [-0.2, -0.15) is 0 Å². The van der Waals surface area contributed by atoms with Crippen molar-refractivity contribution in [2.45, 2.75) is 27.7 Å². The van der Waals surface area contributed by atoms with Crippen molar-refractivity contribution < 1.29 is 4.79 Å². The van der Waals surface area contributed by atoms with E-state index >= 15 is 0 Å². The molecule has 1 fully saturated rings. The highest BCUT2D eigenvalue weighted by atomic mass is 32.2. The number of carbonyl (C=O) groups is 1. The van der Waals surface area contributed by atoms with Crippen LogP contribution in [0.15, 0.2) is 41.4 Å². The van der Waals surface area contributed by atoms with Gasteiger partial charge in [0.15, 0.2) is 5.17 Å². The average molecular weight is 310 g/mol. The van der Waals surface area contributed by atoms with E-state index in [9.17, 15) is 4.79 Å². The van der Waals surface area contributed by atoms with Gasteiger partial charge in [-0.25, -0.2) is 9.89 Å². The molecule has 0 aromatic heterocycles. The lowest BCUT2D eigenvalue weighted by Gasteiger charge is -2.32. The highest BCUT2D eigenvalue weighted by Crippen LogP contribution is 2.37. The zero-order chi connectivity index (χ0) is 15.9. The summed E-state index contributed by atoms with van der Waals surface area (Å²) >= 11 is 1.19. The first-order valence-electron chi connectivity index (χ1n) is 7.21. The molecular weight excluding hydrogens is 292 g/mol. The maximum absolute atomic E-state index is 12.1. The number of hydrogen-bond donors (Lipinski definition) is 0. The van der Waals surface area contributed by atoms with E-state index in [1.165, 1.54) is 17.3 Å². The van der Waals surface area contributed by atoms with Gasteiger partial charge in [0.1, 0.15) is 0 Å². The van der Waals surface area contributed by atoms with Crippen molar-refractivity contribution in [3.63, 3.8) is 0 Å². The van der Waals surface area contributed by atoms with Crippen LogP contribution in [0.3, 0.4) is 0 Å². The highest BCUT2D eigenvalue weighted by Gasteiger charge is 2.36. The summed E-state index contributed by atoms with van der Waals surface area (Å²) in [6.07, 6.45) is 0. The van der Waals surface area contributed by atoms with Crippen LogP contribution in [0.1, 0.15) is 22.3 Å². The summed E-state index contributed by atoms with van der Waals surface area (Å²) in [6.45, 7) is 8.12. The molecule has 2 aromatic rings. The fraction of sp³-hybridized carbons (Fsp3) is 0.222. The Kier molecular flexibility index (Phi) is 3.79. The van der Waals surface area contributed by atoms with Gasteiger partial charge in [0.2, 0.25) is 0 Å². The first-order chi connectivity index (χ1) is 10.5. The number of aliphatic imine (C=N–C) groups is 1. The maximum atomic E-state index is 12.1. The Morgan fingerprint density at radius 3 is 2.23 bits per heavy atom. The van der Waals surface area contributed by atoms with Crippen molar-refractivity contribution in [2.24, 2.45) is 4.99 Å². The van der Waals surface area contributed by atoms with Crippen molar-refractivity contribution in [1.29, 1.82) is 0 Å². The summed E-state index contributed by atoms with van der Waals surface area (Å²) in [7, 11) is 0. The van der Waals surface area contributed by atoms with E-state index in [0.29, 0.717) is 0 Å². The molecule has 0 spiro atoms. The number of rotatable bonds is 2. The molecule has 0 saturated carbocycles. The van der Waals surface area contributed by atoms with E-state index in [1.54, 1.807) is 4.90 Å². The van der Waals surface area contributed by atoms with Crippen molar-refractivity contribution in [3.05, 3.63) is 58.7 Å². The fourth-order valence-electron chi connectivity index (χ4n) is 2.39. The molecular formula is C18H18N2OS. The lowest BCUT2D eigenvalue weighted by molar-refractivity contribution is 0.266. The summed E-state index contributed by atoms with van der Waals surface area (Å²) < 4.78 is 0. The van der Waals surface area contributed by atoms with E-state index in [2.05, 4.69) is 23.2 Å². The SMILES string of the molecule is Cc1ccc(C)c(N=C2SC(=O)N2c2cc(C)ccc2C)c1. The Hall–Kier alpha value is -2.07. The van der Waals surface area contributed by atoms with Crippen molar-refractivity contribution in [1.82, 2.24) is 0 Å². The van der Waals surface area contributed by atoms with Gasteiger partial charge >= 0.3 is 0 Å². The van der Waals surface area contributed by atoms with Gasteiger partial charge in [-0.15, -0.1) is 0 Å². The topological polar surface area (TPSA) is 32.7 Å². The lowest BCUT2D eigenvalue weighted by Crippen LogP contribution is -2.43. The molecule has 0 aliphatic carbocycles. The van der Waals surface area contributed by atoms with Gasteiger partial charge in [0.25, 0.3) is 5.24 Å². The zero-order valence-corrected chi connectivity index (χ0v) is 14.0. The summed E-state index contributed by atoms with van der Waals surface area (Å²) in [5.41, 5.74) is 6.33. The smallest absolute Gasteiger partial charge is 0.260 e. The summed E-state index contributed by atoms with van der Waals surface area (Å²) in [6, 6.07) is 12.3. The molecule has 1 aliphatic rings. The van der Waals surface area contributed by atoms with Crippen LogP contribution in [0.2, 0.25) is 0 Å². The van der Waals surface area contributed by atoms with Crippen LogP contribution in [-0.4, -0.2) is 10.4 Å². The Balaban J connectivity index is 2.02. The molecule has 0 bridgehead atoms. The van der Waals surface area contributed by atoms with Crippen LogP contribution in [0, 0.1) is 27.7 Å². The number of nitrogens with zero attached hydrogens (tertiary/aromatic N) is 2. The summed E-state index contributed by atoms with van der Waals surface area (Å²) in [5, 5.41) is 0.769. The van der Waals surface area contributed by atoms with Crippen molar-refractivity contribution >= 4 is 33.5 Å². The molecule has 4 heteroatoms. The second-order valence-electron chi connectivity index (χ2n) is 5.68. The number of amides is 1. The highest BCUT2D eigenvalue weighted by molar-refractivity contribution is 8.30. The lowest BCUT2D eigenvalue weighted by atomic mass is 10.1. The van der Waals surface area contributed by atoms with Crippen molar-refractivity contribution in [2.75, 3.05) is 4.90 Å². The van der Waals surface area contributed by atoms with Crippen molar-refractivity contribution in [3.8, 4) is 0 Å². The Morgan fingerprint density at radius 2 is 1.55 bits per heavy atom. The monoisotopic (exact) mass is 310 g/mol. The molecule has 0 unspecified atom stereocenters. The molecule has 3 nitrogen and oxygen atoms in total. The third kappa shape index (κ3) is 2.66. The summed E-state index contributed by atoms with van der Waals surface area (Å²) in [5.74, 6) is 0. The second kappa shape index (κ2) is 5.61. The number of amidine groups is 1. The van der Waals surface area contributed by atoms with E-state index in [-0.39, 0.29) is 5.24 Å². The molecule has 112 valence electrons. The second-order valence-corrected chi connectivity index (χ2v) is 6.60. The zero-order valence-electron chi connectivity index (χ0n) is 13.2. The van der Waals surface area contributed by atoms with Crippen LogP contribution in [0.25, 0.3) is 0 Å². The fourth-order valence-corrected chi connectivity index (χ4v) is 3.10. The Bertz CT molecular complexity index is 796. The number of aryl methyl sites for hydroxylation is 4. The summed E-state index contributed by atoms with van der Waals surface area (Å²) in [4.78, 5) is 18.4. The number of thioether (sulfide) groups is 1. The van der Waals surface area contributed by atoms with Gasteiger partial charge in [-0.3, -0.25) is 4.79 Å². The average Bonchev–Trinajstić information content (AvgIpc) is 2.46. The van der Waals surface area contributed by atoms with Gasteiger partial charge in [-0.05, 0) is 62.1 Å². The minimum absolute atomic E-state index is 0.0257. The van der Waals surface area contributed by atoms with Gasteiger partial charge in [0.05, 0.1) is 11.4 Å². The van der Waals surface area contributed by atoms with Crippen LogP contribution in [0.4, 0.5) is 16.2 Å². The Morgan fingerprint density at radius 1 is 0.909 bits per heavy atom. The first kappa shape index (κ1) is 14.9. The van der Waals surface area contributed by atoms with E-state index < -0.39 is 0 Å². The van der Waals surface area contributed by atoms with E-state index in [4.69, 9.17) is 0 Å². The number of hydrogen-bond acceptors (Lipinski definition) is 3. The largest absolute Gasteiger partial charge is 0.300 e.